The summed E-state index contributed by atoms with van der Waals surface area (Å²) in [6.45, 7) is 5.25. The molecule has 0 aliphatic carbocycles. The second-order valence-electron chi connectivity index (χ2n) is 5.04. The molecule has 20 heavy (non-hydrogen) atoms. The monoisotopic (exact) mass is 281 g/mol. The van der Waals surface area contributed by atoms with E-state index < -0.39 is 11.7 Å². The minimum Gasteiger partial charge on any atom is -0.497 e. The fraction of sp³-hybridized carbons (Fsp3) is 0.429. The first-order chi connectivity index (χ1) is 9.30. The van der Waals surface area contributed by atoms with Gasteiger partial charge in [-0.1, -0.05) is 0 Å². The molecule has 110 valence electrons. The summed E-state index contributed by atoms with van der Waals surface area (Å²) in [7, 11) is 2.91. The third-order valence-electron chi connectivity index (χ3n) is 2.32. The van der Waals surface area contributed by atoms with Crippen LogP contribution >= 0.6 is 0 Å². The summed E-state index contributed by atoms with van der Waals surface area (Å²) >= 11 is 0. The molecular formula is C14H19NO5. The van der Waals surface area contributed by atoms with Gasteiger partial charge in [0.15, 0.2) is 6.29 Å². The Morgan fingerprint density at radius 3 is 2.30 bits per heavy atom. The van der Waals surface area contributed by atoms with E-state index in [4.69, 9.17) is 14.2 Å². The van der Waals surface area contributed by atoms with Gasteiger partial charge in [0.1, 0.15) is 17.1 Å². The molecule has 1 aromatic carbocycles. The van der Waals surface area contributed by atoms with E-state index in [1.54, 1.807) is 26.8 Å². The first-order valence-electron chi connectivity index (χ1n) is 6.02. The lowest BCUT2D eigenvalue weighted by Gasteiger charge is -2.20. The van der Waals surface area contributed by atoms with Crippen LogP contribution in [0.1, 0.15) is 31.1 Å². The Balaban J connectivity index is 3.09. The highest BCUT2D eigenvalue weighted by atomic mass is 16.6. The van der Waals surface area contributed by atoms with E-state index in [2.05, 4.69) is 5.32 Å². The van der Waals surface area contributed by atoms with E-state index in [1.165, 1.54) is 20.3 Å². The molecular weight excluding hydrogens is 262 g/mol. The molecule has 1 N–H and O–H groups in total. The van der Waals surface area contributed by atoms with Crippen LogP contribution in [0.25, 0.3) is 0 Å². The van der Waals surface area contributed by atoms with Gasteiger partial charge < -0.3 is 14.2 Å². The van der Waals surface area contributed by atoms with Crippen molar-refractivity contribution in [2.24, 2.45) is 0 Å². The molecule has 0 radical (unpaired) electrons. The quantitative estimate of drug-likeness (QED) is 0.859. The van der Waals surface area contributed by atoms with E-state index in [0.29, 0.717) is 17.8 Å². The highest BCUT2D eigenvalue weighted by molar-refractivity contribution is 5.96. The number of rotatable bonds is 4. The molecule has 0 bridgehead atoms. The number of amides is 1. The molecule has 0 aromatic heterocycles. The third-order valence-corrected chi connectivity index (χ3v) is 2.32. The zero-order valence-corrected chi connectivity index (χ0v) is 12.3. The molecule has 0 aliphatic rings. The third kappa shape index (κ3) is 4.15. The summed E-state index contributed by atoms with van der Waals surface area (Å²) in [5.74, 6) is 0.768. The lowest BCUT2D eigenvalue weighted by Crippen LogP contribution is -2.27. The number of hydrogen-bond donors (Lipinski definition) is 1. The molecule has 6 heteroatoms. The number of aldehydes is 1. The van der Waals surface area contributed by atoms with Crippen molar-refractivity contribution in [3.05, 3.63) is 17.7 Å². The van der Waals surface area contributed by atoms with Gasteiger partial charge in [-0.05, 0) is 20.8 Å². The minimum atomic E-state index is -0.657. The molecule has 0 aliphatic heterocycles. The van der Waals surface area contributed by atoms with Crippen LogP contribution < -0.4 is 14.8 Å². The fourth-order valence-corrected chi connectivity index (χ4v) is 1.53. The Morgan fingerprint density at radius 2 is 1.85 bits per heavy atom. The molecule has 0 heterocycles. The van der Waals surface area contributed by atoms with Crippen LogP contribution in [0.5, 0.6) is 11.5 Å². The predicted molar refractivity (Wildman–Crippen MR) is 74.8 cm³/mol. The van der Waals surface area contributed by atoms with Crippen LogP contribution in [-0.4, -0.2) is 32.2 Å². The van der Waals surface area contributed by atoms with Gasteiger partial charge in [0.2, 0.25) is 0 Å². The number of carbonyl (C=O) groups is 2. The standard InChI is InChI=1S/C14H19NO5/c1-14(2,3)20-13(17)15-11-6-9(18-4)7-12(19-5)10(11)8-16/h6-8H,1-5H3,(H,15,17). The second-order valence-corrected chi connectivity index (χ2v) is 5.04. The number of anilines is 1. The van der Waals surface area contributed by atoms with Crippen molar-refractivity contribution < 1.29 is 23.8 Å². The summed E-state index contributed by atoms with van der Waals surface area (Å²) in [6.07, 6.45) is -0.0544. The molecule has 0 saturated carbocycles. The van der Waals surface area contributed by atoms with E-state index in [1.807, 2.05) is 0 Å². The van der Waals surface area contributed by atoms with Gasteiger partial charge in [-0.25, -0.2) is 4.79 Å². The van der Waals surface area contributed by atoms with Crippen molar-refractivity contribution in [2.75, 3.05) is 19.5 Å². The summed E-state index contributed by atoms with van der Waals surface area (Å²) in [6, 6.07) is 3.08. The minimum absolute atomic E-state index is 0.221. The van der Waals surface area contributed by atoms with E-state index in [0.717, 1.165) is 0 Å². The van der Waals surface area contributed by atoms with Crippen molar-refractivity contribution in [2.45, 2.75) is 26.4 Å². The Kier molecular flexibility index (Phi) is 4.96. The molecule has 0 atom stereocenters. The number of methoxy groups -OCH3 is 2. The zero-order valence-electron chi connectivity index (χ0n) is 12.3. The van der Waals surface area contributed by atoms with Gasteiger partial charge in [0.25, 0.3) is 0 Å². The van der Waals surface area contributed by atoms with E-state index >= 15 is 0 Å². The van der Waals surface area contributed by atoms with Crippen molar-refractivity contribution in [1.82, 2.24) is 0 Å². The number of benzene rings is 1. The lowest BCUT2D eigenvalue weighted by molar-refractivity contribution is 0.0636. The second kappa shape index (κ2) is 6.27. The van der Waals surface area contributed by atoms with Crippen LogP contribution in [-0.2, 0) is 4.74 Å². The van der Waals surface area contributed by atoms with Crippen molar-refractivity contribution in [1.29, 1.82) is 0 Å². The predicted octanol–water partition coefficient (Wildman–Crippen LogP) is 2.86. The largest absolute Gasteiger partial charge is 0.497 e. The normalized spacial score (nSPS) is 10.7. The van der Waals surface area contributed by atoms with Crippen LogP contribution in [0.15, 0.2) is 12.1 Å². The summed E-state index contributed by atoms with van der Waals surface area (Å²) in [4.78, 5) is 22.9. The first-order valence-corrected chi connectivity index (χ1v) is 6.02. The van der Waals surface area contributed by atoms with Gasteiger partial charge in [0.05, 0.1) is 25.5 Å². The van der Waals surface area contributed by atoms with E-state index in [-0.39, 0.29) is 11.3 Å². The smallest absolute Gasteiger partial charge is 0.412 e. The molecule has 1 amide bonds. The lowest BCUT2D eigenvalue weighted by atomic mass is 10.1. The molecule has 0 fully saturated rings. The maximum atomic E-state index is 11.8. The Labute approximate surface area is 118 Å². The molecule has 1 aromatic rings. The highest BCUT2D eigenvalue weighted by Gasteiger charge is 2.19. The average Bonchev–Trinajstić information content (AvgIpc) is 2.35. The first kappa shape index (κ1) is 15.8. The van der Waals surface area contributed by atoms with E-state index in [9.17, 15) is 9.59 Å². The van der Waals surface area contributed by atoms with Crippen LogP contribution in [0.2, 0.25) is 0 Å². The number of nitrogens with one attached hydrogen (secondary N) is 1. The SMILES string of the molecule is COc1cc(NC(=O)OC(C)(C)C)c(C=O)c(OC)c1. The zero-order chi connectivity index (χ0) is 15.3. The highest BCUT2D eigenvalue weighted by Crippen LogP contribution is 2.31. The molecule has 0 saturated heterocycles. The van der Waals surface area contributed by atoms with Gasteiger partial charge in [-0.3, -0.25) is 10.1 Å². The number of ether oxygens (including phenoxy) is 3. The summed E-state index contributed by atoms with van der Waals surface area (Å²) in [5.41, 5.74) is -0.140. The summed E-state index contributed by atoms with van der Waals surface area (Å²) < 4.78 is 15.3. The molecule has 0 unspecified atom stereocenters. The van der Waals surface area contributed by atoms with Gasteiger partial charge in [-0.2, -0.15) is 0 Å². The number of hydrogen-bond acceptors (Lipinski definition) is 5. The summed E-state index contributed by atoms with van der Waals surface area (Å²) in [5, 5.41) is 2.52. The fourth-order valence-electron chi connectivity index (χ4n) is 1.53. The average molecular weight is 281 g/mol. The Morgan fingerprint density at radius 1 is 1.20 bits per heavy atom. The van der Waals surface area contributed by atoms with Crippen molar-refractivity contribution in [3.63, 3.8) is 0 Å². The molecule has 0 spiro atoms. The van der Waals surface area contributed by atoms with Gasteiger partial charge in [0, 0.05) is 12.1 Å². The molecule has 1 rings (SSSR count). The Bertz CT molecular complexity index is 505. The van der Waals surface area contributed by atoms with Crippen LogP contribution in [0.3, 0.4) is 0 Å². The van der Waals surface area contributed by atoms with Gasteiger partial charge in [-0.15, -0.1) is 0 Å². The van der Waals surface area contributed by atoms with Gasteiger partial charge >= 0.3 is 6.09 Å². The Hall–Kier alpha value is -2.24. The number of carbonyl (C=O) groups excluding carboxylic acids is 2. The van der Waals surface area contributed by atoms with Crippen LogP contribution in [0.4, 0.5) is 10.5 Å². The van der Waals surface area contributed by atoms with Crippen molar-refractivity contribution in [3.8, 4) is 11.5 Å². The van der Waals surface area contributed by atoms with Crippen LogP contribution in [0, 0.1) is 0 Å². The maximum absolute atomic E-state index is 11.8. The molecule has 6 nitrogen and oxygen atoms in total. The van der Waals surface area contributed by atoms with Crippen molar-refractivity contribution >= 4 is 18.1 Å². The topological polar surface area (TPSA) is 73.9 Å². The maximum Gasteiger partial charge on any atom is 0.412 e.